The van der Waals surface area contributed by atoms with Crippen LogP contribution in [0.1, 0.15) is 0 Å². The molecule has 13 heavy (non-hydrogen) atoms. The van der Waals surface area contributed by atoms with Gasteiger partial charge in [0, 0.05) is 5.46 Å². The third-order valence-corrected chi connectivity index (χ3v) is 1.43. The van der Waals surface area contributed by atoms with E-state index in [9.17, 15) is 8.78 Å². The first-order chi connectivity index (χ1) is 6.16. The SMILES string of the molecule is COOB(O)c1cccc(F)c1F. The predicted octanol–water partition coefficient (Wildman–Crippen LogP) is 0.230. The van der Waals surface area contributed by atoms with E-state index in [0.29, 0.717) is 0 Å². The smallest absolute Gasteiger partial charge is 0.422 e. The summed E-state index contributed by atoms with van der Waals surface area (Å²) < 4.78 is 25.5. The average Bonchev–Trinajstić information content (AvgIpc) is 2.10. The molecule has 0 heterocycles. The van der Waals surface area contributed by atoms with Crippen LogP contribution in [0.2, 0.25) is 0 Å². The van der Waals surface area contributed by atoms with Gasteiger partial charge in [-0.25, -0.2) is 8.78 Å². The van der Waals surface area contributed by atoms with Crippen molar-refractivity contribution in [3.8, 4) is 0 Å². The largest absolute Gasteiger partial charge is 0.526 e. The highest BCUT2D eigenvalue weighted by atomic mass is 19.2. The summed E-state index contributed by atoms with van der Waals surface area (Å²) >= 11 is 0. The van der Waals surface area contributed by atoms with E-state index in [4.69, 9.17) is 5.02 Å². The average molecular weight is 188 g/mol. The minimum Gasteiger partial charge on any atom is -0.422 e. The maximum Gasteiger partial charge on any atom is 0.526 e. The number of benzene rings is 1. The number of hydrogen-bond donors (Lipinski definition) is 1. The lowest BCUT2D eigenvalue weighted by Gasteiger charge is -2.05. The van der Waals surface area contributed by atoms with Crippen molar-refractivity contribution in [1.29, 1.82) is 0 Å². The monoisotopic (exact) mass is 188 g/mol. The van der Waals surface area contributed by atoms with Crippen molar-refractivity contribution in [2.24, 2.45) is 0 Å². The van der Waals surface area contributed by atoms with Crippen LogP contribution in [-0.2, 0) is 9.69 Å². The maximum absolute atomic E-state index is 12.9. The van der Waals surface area contributed by atoms with Gasteiger partial charge in [0.2, 0.25) is 0 Å². The molecule has 0 saturated carbocycles. The number of rotatable bonds is 3. The Morgan fingerprint density at radius 2 is 2.08 bits per heavy atom. The number of hydrogen-bond acceptors (Lipinski definition) is 3. The molecule has 0 aliphatic carbocycles. The Morgan fingerprint density at radius 3 is 2.69 bits per heavy atom. The summed E-state index contributed by atoms with van der Waals surface area (Å²) in [6.45, 7) is 0. The quantitative estimate of drug-likeness (QED) is 0.419. The zero-order valence-corrected chi connectivity index (χ0v) is 6.83. The van der Waals surface area contributed by atoms with Gasteiger partial charge in [0.15, 0.2) is 11.6 Å². The fraction of sp³-hybridized carbons (Fsp3) is 0.143. The molecule has 0 atom stereocenters. The van der Waals surface area contributed by atoms with Gasteiger partial charge < -0.3 is 5.02 Å². The van der Waals surface area contributed by atoms with Gasteiger partial charge in [-0.3, -0.25) is 9.69 Å². The predicted molar refractivity (Wildman–Crippen MR) is 42.1 cm³/mol. The Balaban J connectivity index is 2.93. The van der Waals surface area contributed by atoms with E-state index in [2.05, 4.69) is 9.69 Å². The lowest BCUT2D eigenvalue weighted by atomic mass is 9.80. The van der Waals surface area contributed by atoms with E-state index in [1.165, 1.54) is 12.1 Å². The highest BCUT2D eigenvalue weighted by molar-refractivity contribution is 6.59. The van der Waals surface area contributed by atoms with Gasteiger partial charge in [-0.05, 0) is 6.07 Å². The second-order valence-corrected chi connectivity index (χ2v) is 2.26. The molecule has 0 aliphatic heterocycles. The molecule has 1 aromatic rings. The molecule has 0 bridgehead atoms. The Bertz CT molecular complexity index is 295. The zero-order valence-electron chi connectivity index (χ0n) is 6.83. The lowest BCUT2D eigenvalue weighted by molar-refractivity contribution is -0.193. The van der Waals surface area contributed by atoms with Crippen LogP contribution in [0.15, 0.2) is 18.2 Å². The third kappa shape index (κ3) is 2.24. The Hall–Kier alpha value is -0.975. The molecule has 0 amide bonds. The Labute approximate surface area is 74.0 Å². The van der Waals surface area contributed by atoms with E-state index < -0.39 is 18.8 Å². The highest BCUT2D eigenvalue weighted by Gasteiger charge is 2.23. The number of halogens is 2. The first kappa shape index (κ1) is 10.1. The van der Waals surface area contributed by atoms with Crippen LogP contribution in [-0.4, -0.2) is 19.3 Å². The lowest BCUT2D eigenvalue weighted by Crippen LogP contribution is -2.36. The van der Waals surface area contributed by atoms with Gasteiger partial charge in [-0.15, -0.1) is 0 Å². The Morgan fingerprint density at radius 1 is 1.38 bits per heavy atom. The second kappa shape index (κ2) is 4.31. The van der Waals surface area contributed by atoms with E-state index in [1.54, 1.807) is 0 Å². The highest BCUT2D eigenvalue weighted by Crippen LogP contribution is 2.02. The molecular formula is C7H7BF2O3. The van der Waals surface area contributed by atoms with Crippen LogP contribution < -0.4 is 5.46 Å². The summed E-state index contributed by atoms with van der Waals surface area (Å²) in [5.41, 5.74) is -0.304. The normalized spacial score (nSPS) is 10.2. The van der Waals surface area contributed by atoms with Crippen molar-refractivity contribution < 1.29 is 23.5 Å². The molecule has 0 spiro atoms. The standard InChI is InChI=1S/C7H7BF2O3/c1-12-13-8(11)5-3-2-4-6(9)7(5)10/h2-4,11H,1H3. The molecule has 0 fully saturated rings. The third-order valence-electron chi connectivity index (χ3n) is 1.43. The molecule has 0 radical (unpaired) electrons. The summed E-state index contributed by atoms with van der Waals surface area (Å²) in [6.07, 6.45) is 0. The molecule has 0 aromatic heterocycles. The minimum absolute atomic E-state index is 0.304. The van der Waals surface area contributed by atoms with Gasteiger partial charge in [0.1, 0.15) is 0 Å². The van der Waals surface area contributed by atoms with Crippen molar-refractivity contribution in [2.75, 3.05) is 7.11 Å². The fourth-order valence-corrected chi connectivity index (χ4v) is 0.854. The molecule has 6 heteroatoms. The molecule has 3 nitrogen and oxygen atoms in total. The summed E-state index contributed by atoms with van der Waals surface area (Å²) in [4.78, 5) is 8.33. The fourth-order valence-electron chi connectivity index (χ4n) is 0.854. The van der Waals surface area contributed by atoms with Gasteiger partial charge in [0.05, 0.1) is 7.11 Å². The van der Waals surface area contributed by atoms with Gasteiger partial charge >= 0.3 is 7.12 Å². The van der Waals surface area contributed by atoms with E-state index in [-0.39, 0.29) is 5.46 Å². The van der Waals surface area contributed by atoms with Gasteiger partial charge in [-0.2, -0.15) is 0 Å². The van der Waals surface area contributed by atoms with Crippen LogP contribution >= 0.6 is 0 Å². The van der Waals surface area contributed by atoms with Gasteiger partial charge in [0.25, 0.3) is 0 Å². The molecule has 1 rings (SSSR count). The van der Waals surface area contributed by atoms with E-state index in [0.717, 1.165) is 13.2 Å². The molecule has 0 unspecified atom stereocenters. The second-order valence-electron chi connectivity index (χ2n) is 2.26. The summed E-state index contributed by atoms with van der Waals surface area (Å²) in [5, 5.41) is 9.07. The summed E-state index contributed by atoms with van der Waals surface area (Å²) in [5.74, 6) is -2.19. The molecule has 1 N–H and O–H groups in total. The molecule has 0 aliphatic rings. The van der Waals surface area contributed by atoms with Crippen molar-refractivity contribution >= 4 is 12.6 Å². The first-order valence-electron chi connectivity index (χ1n) is 3.48. The summed E-state index contributed by atoms with van der Waals surface area (Å²) in [6, 6.07) is 3.40. The van der Waals surface area contributed by atoms with Crippen LogP contribution in [0.5, 0.6) is 0 Å². The first-order valence-corrected chi connectivity index (χ1v) is 3.48. The van der Waals surface area contributed by atoms with Crippen molar-refractivity contribution in [3.05, 3.63) is 29.8 Å². The van der Waals surface area contributed by atoms with Crippen LogP contribution in [0.3, 0.4) is 0 Å². The van der Waals surface area contributed by atoms with Crippen LogP contribution in [0, 0.1) is 11.6 Å². The van der Waals surface area contributed by atoms with Crippen LogP contribution in [0.25, 0.3) is 0 Å². The van der Waals surface area contributed by atoms with Gasteiger partial charge in [-0.1, -0.05) is 12.1 Å². The van der Waals surface area contributed by atoms with Crippen molar-refractivity contribution in [1.82, 2.24) is 0 Å². The van der Waals surface area contributed by atoms with Crippen molar-refractivity contribution in [2.45, 2.75) is 0 Å². The zero-order chi connectivity index (χ0) is 9.84. The molecular weight excluding hydrogens is 181 g/mol. The minimum atomic E-state index is -1.62. The topological polar surface area (TPSA) is 38.7 Å². The Kier molecular flexibility index (Phi) is 3.35. The molecule has 1 aromatic carbocycles. The van der Waals surface area contributed by atoms with Crippen molar-refractivity contribution in [3.63, 3.8) is 0 Å². The summed E-state index contributed by atoms with van der Waals surface area (Å²) in [7, 11) is -0.471. The van der Waals surface area contributed by atoms with Crippen LogP contribution in [0.4, 0.5) is 8.78 Å². The molecule has 0 saturated heterocycles. The van der Waals surface area contributed by atoms with E-state index in [1.807, 2.05) is 0 Å². The maximum atomic E-state index is 12.9. The van der Waals surface area contributed by atoms with E-state index >= 15 is 0 Å². The molecule has 70 valence electrons.